The molecule has 0 atom stereocenters. The molecule has 1 aliphatic rings. The summed E-state index contributed by atoms with van der Waals surface area (Å²) in [6.07, 6.45) is 0. The van der Waals surface area contributed by atoms with Gasteiger partial charge in [-0.1, -0.05) is 30.3 Å². The first-order valence-corrected chi connectivity index (χ1v) is 5.88. The van der Waals surface area contributed by atoms with Gasteiger partial charge < -0.3 is 4.74 Å². The average Bonchev–Trinajstić information content (AvgIpc) is 2.44. The minimum atomic E-state index is -3.16. The highest BCUT2D eigenvalue weighted by molar-refractivity contribution is 7.95. The first kappa shape index (κ1) is 9.27. The van der Waals surface area contributed by atoms with E-state index in [9.17, 15) is 8.42 Å². The Balaban J connectivity index is 2.53. The van der Waals surface area contributed by atoms with Crippen LogP contribution >= 0.6 is 0 Å². The predicted molar refractivity (Wildman–Crippen MR) is 53.9 cm³/mol. The minimum Gasteiger partial charge on any atom is -0.476 e. The molecule has 1 heterocycles. The molecule has 0 aliphatic carbocycles. The zero-order chi connectivity index (χ0) is 10.2. The third-order valence-electron chi connectivity index (χ3n) is 2.18. The largest absolute Gasteiger partial charge is 0.476 e. The SMILES string of the molecule is CC1=C(c2ccccc2)OCS1(=O)=O. The molecule has 1 aromatic carbocycles. The molecule has 0 radical (unpaired) electrons. The number of benzene rings is 1. The van der Waals surface area contributed by atoms with Crippen LogP contribution in [-0.2, 0) is 14.6 Å². The lowest BCUT2D eigenvalue weighted by Crippen LogP contribution is -1.99. The van der Waals surface area contributed by atoms with Crippen molar-refractivity contribution in [1.29, 1.82) is 0 Å². The minimum absolute atomic E-state index is 0.233. The lowest BCUT2D eigenvalue weighted by Gasteiger charge is -2.01. The summed E-state index contributed by atoms with van der Waals surface area (Å²) in [4.78, 5) is 0.323. The summed E-state index contributed by atoms with van der Waals surface area (Å²) in [5.74, 6) is 0.244. The van der Waals surface area contributed by atoms with E-state index in [1.807, 2.05) is 30.3 Å². The van der Waals surface area contributed by atoms with Crippen molar-refractivity contribution < 1.29 is 13.2 Å². The maximum absolute atomic E-state index is 11.4. The van der Waals surface area contributed by atoms with Crippen LogP contribution in [0, 0.1) is 0 Å². The second kappa shape index (κ2) is 3.13. The summed E-state index contributed by atoms with van der Waals surface area (Å²) in [7, 11) is -3.16. The van der Waals surface area contributed by atoms with Crippen LogP contribution in [0.1, 0.15) is 12.5 Å². The standard InChI is InChI=1S/C10H10O3S/c1-8-10(13-7-14(8,11)12)9-5-3-2-4-6-9/h2-6H,7H2,1H3. The lowest BCUT2D eigenvalue weighted by molar-refractivity contribution is 0.346. The summed E-state index contributed by atoms with van der Waals surface area (Å²) >= 11 is 0. The quantitative estimate of drug-likeness (QED) is 0.709. The van der Waals surface area contributed by atoms with E-state index in [-0.39, 0.29) is 5.94 Å². The molecular formula is C10H10O3S. The first-order chi connectivity index (χ1) is 6.61. The Bertz CT molecular complexity index is 471. The molecule has 3 nitrogen and oxygen atoms in total. The molecule has 2 rings (SSSR count). The molecule has 0 saturated carbocycles. The summed E-state index contributed by atoms with van der Waals surface area (Å²) < 4.78 is 27.9. The Hall–Kier alpha value is -1.29. The number of allylic oxidation sites excluding steroid dienone is 1. The van der Waals surface area contributed by atoms with E-state index in [1.165, 1.54) is 0 Å². The fourth-order valence-electron chi connectivity index (χ4n) is 1.34. The van der Waals surface area contributed by atoms with Gasteiger partial charge in [0.2, 0.25) is 9.84 Å². The molecule has 0 saturated heterocycles. The Morgan fingerprint density at radius 2 is 1.86 bits per heavy atom. The Labute approximate surface area is 82.9 Å². The molecule has 74 valence electrons. The average molecular weight is 210 g/mol. The fourth-order valence-corrected chi connectivity index (χ4v) is 2.25. The van der Waals surface area contributed by atoms with Gasteiger partial charge in [-0.05, 0) is 6.92 Å². The van der Waals surface area contributed by atoms with Gasteiger partial charge in [0, 0.05) is 5.56 Å². The van der Waals surface area contributed by atoms with Gasteiger partial charge in [-0.3, -0.25) is 0 Å². The maximum atomic E-state index is 11.4. The number of sulfone groups is 1. The van der Waals surface area contributed by atoms with E-state index in [0.29, 0.717) is 10.7 Å². The van der Waals surface area contributed by atoms with Crippen LogP contribution in [0.2, 0.25) is 0 Å². The maximum Gasteiger partial charge on any atom is 0.212 e. The molecule has 0 spiro atoms. The topological polar surface area (TPSA) is 43.4 Å². The monoisotopic (exact) mass is 210 g/mol. The van der Waals surface area contributed by atoms with Crippen molar-refractivity contribution in [3.05, 3.63) is 40.8 Å². The van der Waals surface area contributed by atoms with Crippen LogP contribution in [0.25, 0.3) is 5.76 Å². The van der Waals surface area contributed by atoms with Gasteiger partial charge >= 0.3 is 0 Å². The van der Waals surface area contributed by atoms with Crippen molar-refractivity contribution in [1.82, 2.24) is 0 Å². The molecule has 1 aromatic rings. The van der Waals surface area contributed by atoms with Crippen LogP contribution in [0.4, 0.5) is 0 Å². The van der Waals surface area contributed by atoms with Crippen molar-refractivity contribution in [3.8, 4) is 0 Å². The van der Waals surface area contributed by atoms with Crippen LogP contribution in [0.15, 0.2) is 35.2 Å². The molecule has 4 heteroatoms. The van der Waals surface area contributed by atoms with Crippen molar-refractivity contribution in [2.75, 3.05) is 5.94 Å². The van der Waals surface area contributed by atoms with Crippen LogP contribution < -0.4 is 0 Å². The highest BCUT2D eigenvalue weighted by atomic mass is 32.2. The highest BCUT2D eigenvalue weighted by Gasteiger charge is 2.28. The molecule has 1 aliphatic heterocycles. The smallest absolute Gasteiger partial charge is 0.212 e. The Morgan fingerprint density at radius 3 is 2.36 bits per heavy atom. The zero-order valence-corrected chi connectivity index (χ0v) is 8.54. The zero-order valence-electron chi connectivity index (χ0n) is 7.73. The first-order valence-electron chi connectivity index (χ1n) is 4.23. The van der Waals surface area contributed by atoms with Crippen molar-refractivity contribution in [2.24, 2.45) is 0 Å². The molecular weight excluding hydrogens is 200 g/mol. The lowest BCUT2D eigenvalue weighted by atomic mass is 10.2. The van der Waals surface area contributed by atoms with Gasteiger partial charge in [-0.25, -0.2) is 8.42 Å². The van der Waals surface area contributed by atoms with E-state index in [4.69, 9.17) is 4.74 Å². The summed E-state index contributed by atoms with van der Waals surface area (Å²) in [5.41, 5.74) is 0.811. The summed E-state index contributed by atoms with van der Waals surface area (Å²) in [6, 6.07) is 9.25. The molecule has 0 fully saturated rings. The second-order valence-corrected chi connectivity index (χ2v) is 5.21. The van der Waals surface area contributed by atoms with Gasteiger partial charge in [0.1, 0.15) is 5.76 Å². The van der Waals surface area contributed by atoms with Gasteiger partial charge in [-0.2, -0.15) is 0 Å². The molecule has 14 heavy (non-hydrogen) atoms. The third-order valence-corrected chi connectivity index (χ3v) is 3.73. The van der Waals surface area contributed by atoms with E-state index < -0.39 is 9.84 Å². The normalized spacial score (nSPS) is 19.5. The van der Waals surface area contributed by atoms with E-state index in [0.717, 1.165) is 5.56 Å². The van der Waals surface area contributed by atoms with Crippen LogP contribution in [0.3, 0.4) is 0 Å². The van der Waals surface area contributed by atoms with Gasteiger partial charge in [0.15, 0.2) is 5.94 Å². The number of hydrogen-bond acceptors (Lipinski definition) is 3. The van der Waals surface area contributed by atoms with Crippen molar-refractivity contribution >= 4 is 15.6 Å². The van der Waals surface area contributed by atoms with Crippen molar-refractivity contribution in [3.63, 3.8) is 0 Å². The molecule has 0 bridgehead atoms. The van der Waals surface area contributed by atoms with Gasteiger partial charge in [0.05, 0.1) is 4.91 Å². The van der Waals surface area contributed by atoms with E-state index in [2.05, 4.69) is 0 Å². The van der Waals surface area contributed by atoms with Crippen molar-refractivity contribution in [2.45, 2.75) is 6.92 Å². The molecule has 0 unspecified atom stereocenters. The van der Waals surface area contributed by atoms with Gasteiger partial charge in [-0.15, -0.1) is 0 Å². The Morgan fingerprint density at radius 1 is 1.21 bits per heavy atom. The highest BCUT2D eigenvalue weighted by Crippen LogP contribution is 2.30. The fraction of sp³-hybridized carbons (Fsp3) is 0.200. The number of rotatable bonds is 1. The molecule has 0 aromatic heterocycles. The van der Waals surface area contributed by atoms with E-state index >= 15 is 0 Å². The predicted octanol–water partition coefficient (Wildman–Crippen LogP) is 1.78. The summed E-state index contributed by atoms with van der Waals surface area (Å²) in [6.45, 7) is 1.57. The molecule has 0 N–H and O–H groups in total. The number of ether oxygens (including phenoxy) is 1. The second-order valence-electron chi connectivity index (χ2n) is 3.13. The number of hydrogen-bond donors (Lipinski definition) is 0. The third kappa shape index (κ3) is 1.42. The van der Waals surface area contributed by atoms with Crippen LogP contribution in [0.5, 0.6) is 0 Å². The Kier molecular flexibility index (Phi) is 2.07. The molecule has 0 amide bonds. The van der Waals surface area contributed by atoms with Gasteiger partial charge in [0.25, 0.3) is 0 Å². The van der Waals surface area contributed by atoms with Crippen LogP contribution in [-0.4, -0.2) is 14.4 Å². The van der Waals surface area contributed by atoms with E-state index in [1.54, 1.807) is 6.92 Å². The summed E-state index contributed by atoms with van der Waals surface area (Å²) in [5, 5.41) is 0.